The number of hydrogen-bond acceptors (Lipinski definition) is 5. The van der Waals surface area contributed by atoms with Crippen LogP contribution in [0.4, 0.5) is 11.4 Å². The largest absolute Gasteiger partial charge is 0.496 e. The molecular formula is C13H17N3O4. The highest BCUT2D eigenvalue weighted by atomic mass is 16.6. The third-order valence-electron chi connectivity index (χ3n) is 3.04. The number of nitro benzene ring substituents is 1. The first-order chi connectivity index (χ1) is 9.60. The number of benzene rings is 1. The van der Waals surface area contributed by atoms with E-state index in [1.54, 1.807) is 6.07 Å². The number of rotatable bonds is 7. The lowest BCUT2D eigenvalue weighted by molar-refractivity contribution is -0.384. The van der Waals surface area contributed by atoms with E-state index in [4.69, 9.17) is 4.74 Å². The average Bonchev–Trinajstić information content (AvgIpc) is 3.23. The molecule has 1 saturated carbocycles. The van der Waals surface area contributed by atoms with E-state index in [9.17, 15) is 14.9 Å². The van der Waals surface area contributed by atoms with E-state index < -0.39 is 4.92 Å². The Bertz CT molecular complexity index is 514. The summed E-state index contributed by atoms with van der Waals surface area (Å²) in [7, 11) is 1.43. The average molecular weight is 279 g/mol. The van der Waals surface area contributed by atoms with Crippen molar-refractivity contribution in [3.05, 3.63) is 28.3 Å². The first kappa shape index (κ1) is 14.3. The van der Waals surface area contributed by atoms with Gasteiger partial charge in [-0.05, 0) is 25.0 Å². The van der Waals surface area contributed by atoms with Crippen molar-refractivity contribution in [2.75, 3.05) is 19.0 Å². The number of carbonyl (C=O) groups is 1. The molecule has 7 heteroatoms. The molecule has 2 rings (SSSR count). The molecule has 1 aromatic carbocycles. The van der Waals surface area contributed by atoms with E-state index >= 15 is 0 Å². The molecule has 1 aromatic rings. The molecule has 0 heterocycles. The Kier molecular flexibility index (Phi) is 4.52. The summed E-state index contributed by atoms with van der Waals surface area (Å²) in [5.74, 6) is 0.136. The first-order valence-electron chi connectivity index (χ1n) is 6.46. The van der Waals surface area contributed by atoms with Gasteiger partial charge in [-0.1, -0.05) is 0 Å². The maximum atomic E-state index is 11.7. The quantitative estimate of drug-likeness (QED) is 0.585. The molecular weight excluding hydrogens is 262 g/mol. The highest BCUT2D eigenvalue weighted by Gasteiger charge is 2.21. The Balaban J connectivity index is 1.95. The van der Waals surface area contributed by atoms with Gasteiger partial charge in [0.2, 0.25) is 5.91 Å². The smallest absolute Gasteiger partial charge is 0.296 e. The minimum atomic E-state index is -0.541. The number of anilines is 1. The Morgan fingerprint density at radius 2 is 2.25 bits per heavy atom. The highest BCUT2D eigenvalue weighted by molar-refractivity contribution is 5.93. The van der Waals surface area contributed by atoms with E-state index in [-0.39, 0.29) is 17.3 Å². The fourth-order valence-corrected chi connectivity index (χ4v) is 1.79. The third-order valence-corrected chi connectivity index (χ3v) is 3.04. The summed E-state index contributed by atoms with van der Waals surface area (Å²) in [5, 5.41) is 16.7. The summed E-state index contributed by atoms with van der Waals surface area (Å²) in [6, 6.07) is 4.88. The Labute approximate surface area is 116 Å². The minimum Gasteiger partial charge on any atom is -0.496 e. The molecule has 0 aromatic heterocycles. The molecule has 1 aliphatic rings. The summed E-state index contributed by atoms with van der Waals surface area (Å²) >= 11 is 0. The molecule has 2 N–H and O–H groups in total. The molecule has 0 unspecified atom stereocenters. The van der Waals surface area contributed by atoms with Crippen molar-refractivity contribution in [1.29, 1.82) is 0 Å². The Morgan fingerprint density at radius 1 is 1.50 bits per heavy atom. The van der Waals surface area contributed by atoms with Crippen molar-refractivity contribution in [1.82, 2.24) is 5.32 Å². The Morgan fingerprint density at radius 3 is 2.85 bits per heavy atom. The van der Waals surface area contributed by atoms with Crippen LogP contribution in [0.3, 0.4) is 0 Å². The van der Waals surface area contributed by atoms with Gasteiger partial charge >= 0.3 is 0 Å². The normalized spacial score (nSPS) is 13.8. The van der Waals surface area contributed by atoms with Crippen LogP contribution < -0.4 is 15.4 Å². The maximum absolute atomic E-state index is 11.7. The van der Waals surface area contributed by atoms with Crippen LogP contribution in [0.15, 0.2) is 18.2 Å². The molecule has 0 saturated heterocycles. The lowest BCUT2D eigenvalue weighted by Gasteiger charge is -2.08. The third kappa shape index (κ3) is 3.92. The van der Waals surface area contributed by atoms with Gasteiger partial charge in [-0.3, -0.25) is 14.9 Å². The standard InChI is InChI=1S/C13H17N3O4/c1-20-10-4-5-11(12(8-10)16(18)19)15-13(17)6-7-14-9-2-3-9/h4-5,8-9,14H,2-3,6-7H2,1H3,(H,15,17). The zero-order valence-corrected chi connectivity index (χ0v) is 11.2. The van der Waals surface area contributed by atoms with Gasteiger partial charge in [0.1, 0.15) is 11.4 Å². The van der Waals surface area contributed by atoms with Crippen molar-refractivity contribution in [3.63, 3.8) is 0 Å². The van der Waals surface area contributed by atoms with Gasteiger partial charge in [-0.25, -0.2) is 0 Å². The van der Waals surface area contributed by atoms with Gasteiger partial charge in [0.15, 0.2) is 0 Å². The maximum Gasteiger partial charge on any atom is 0.296 e. The van der Waals surface area contributed by atoms with Crippen LogP contribution in [0.25, 0.3) is 0 Å². The summed E-state index contributed by atoms with van der Waals surface area (Å²) in [6.07, 6.45) is 2.61. The van der Waals surface area contributed by atoms with Gasteiger partial charge in [0, 0.05) is 19.0 Å². The fourth-order valence-electron chi connectivity index (χ4n) is 1.79. The minimum absolute atomic E-state index is 0.173. The molecule has 1 fully saturated rings. The molecule has 1 aliphatic carbocycles. The van der Waals surface area contributed by atoms with Gasteiger partial charge in [-0.15, -0.1) is 0 Å². The molecule has 0 aliphatic heterocycles. The second-order valence-electron chi connectivity index (χ2n) is 4.67. The number of ether oxygens (including phenoxy) is 1. The number of nitrogens with zero attached hydrogens (tertiary/aromatic N) is 1. The SMILES string of the molecule is COc1ccc(NC(=O)CCNC2CC2)c([N+](=O)[O-])c1. The highest BCUT2D eigenvalue weighted by Crippen LogP contribution is 2.29. The van der Waals surface area contributed by atoms with Crippen molar-refractivity contribution in [2.24, 2.45) is 0 Å². The predicted molar refractivity (Wildman–Crippen MR) is 73.9 cm³/mol. The van der Waals surface area contributed by atoms with Gasteiger partial charge in [0.05, 0.1) is 18.1 Å². The Hall–Kier alpha value is -2.15. The van der Waals surface area contributed by atoms with Crippen LogP contribution >= 0.6 is 0 Å². The van der Waals surface area contributed by atoms with Gasteiger partial charge in [0.25, 0.3) is 5.69 Å². The van der Waals surface area contributed by atoms with Crippen LogP contribution in [0.2, 0.25) is 0 Å². The zero-order valence-electron chi connectivity index (χ0n) is 11.2. The van der Waals surface area contributed by atoms with Crippen molar-refractivity contribution in [3.8, 4) is 5.75 Å². The molecule has 0 bridgehead atoms. The molecule has 0 spiro atoms. The molecule has 20 heavy (non-hydrogen) atoms. The van der Waals surface area contributed by atoms with Crippen molar-refractivity contribution in [2.45, 2.75) is 25.3 Å². The lowest BCUT2D eigenvalue weighted by Crippen LogP contribution is -2.23. The van der Waals surface area contributed by atoms with Crippen LogP contribution in [0.5, 0.6) is 5.75 Å². The second-order valence-corrected chi connectivity index (χ2v) is 4.67. The van der Waals surface area contributed by atoms with Gasteiger partial charge < -0.3 is 15.4 Å². The van der Waals surface area contributed by atoms with Crippen molar-refractivity contribution < 1.29 is 14.5 Å². The number of methoxy groups -OCH3 is 1. The summed E-state index contributed by atoms with van der Waals surface area (Å²) in [6.45, 7) is 0.584. The lowest BCUT2D eigenvalue weighted by atomic mass is 10.2. The topological polar surface area (TPSA) is 93.5 Å². The number of carbonyl (C=O) groups excluding carboxylic acids is 1. The molecule has 0 atom stereocenters. The molecule has 0 radical (unpaired) electrons. The number of nitrogens with one attached hydrogen (secondary N) is 2. The predicted octanol–water partition coefficient (Wildman–Crippen LogP) is 1.68. The first-order valence-corrected chi connectivity index (χ1v) is 6.46. The molecule has 7 nitrogen and oxygen atoms in total. The second kappa shape index (κ2) is 6.33. The summed E-state index contributed by atoms with van der Waals surface area (Å²) < 4.78 is 4.94. The van der Waals surface area contributed by atoms with Crippen molar-refractivity contribution >= 4 is 17.3 Å². The monoisotopic (exact) mass is 279 g/mol. The van der Waals surface area contributed by atoms with E-state index in [2.05, 4.69) is 10.6 Å². The molecule has 108 valence electrons. The molecule has 1 amide bonds. The van der Waals surface area contributed by atoms with Gasteiger partial charge in [-0.2, -0.15) is 0 Å². The fraction of sp³-hybridized carbons (Fsp3) is 0.462. The number of hydrogen-bond donors (Lipinski definition) is 2. The van der Waals surface area contributed by atoms with Crippen LogP contribution in [0.1, 0.15) is 19.3 Å². The van der Waals surface area contributed by atoms with E-state index in [0.29, 0.717) is 24.8 Å². The summed E-state index contributed by atoms with van der Waals surface area (Å²) in [4.78, 5) is 22.2. The van der Waals surface area contributed by atoms with Crippen LogP contribution in [-0.2, 0) is 4.79 Å². The zero-order chi connectivity index (χ0) is 14.5. The number of nitro groups is 1. The van der Waals surface area contributed by atoms with E-state index in [1.165, 1.54) is 19.2 Å². The van der Waals surface area contributed by atoms with Crippen LogP contribution in [0, 0.1) is 10.1 Å². The number of amides is 1. The van der Waals surface area contributed by atoms with E-state index in [1.807, 2.05) is 0 Å². The van der Waals surface area contributed by atoms with Crippen LogP contribution in [-0.4, -0.2) is 30.5 Å². The summed E-state index contributed by atoms with van der Waals surface area (Å²) in [5.41, 5.74) is 0.0140. The van der Waals surface area contributed by atoms with E-state index in [0.717, 1.165) is 12.8 Å².